The van der Waals surface area contributed by atoms with Crippen LogP contribution in [0.15, 0.2) is 48.5 Å². The summed E-state index contributed by atoms with van der Waals surface area (Å²) in [6.45, 7) is 2.20. The van der Waals surface area contributed by atoms with Crippen molar-refractivity contribution in [3.05, 3.63) is 54.1 Å². The molecule has 2 aromatic rings. The van der Waals surface area contributed by atoms with Gasteiger partial charge in [0.05, 0.1) is 19.1 Å². The molecule has 0 aliphatic heterocycles. The molecule has 0 unspecified atom stereocenters. The number of rotatable bonds is 10. The SMILES string of the molecule is COc1ccccc1CCCNC(=O)[C@H](C)Oc1ccc(N(C)S(C)(=O)=O)cc1. The fraction of sp³-hybridized carbons (Fsp3) is 0.381. The molecule has 29 heavy (non-hydrogen) atoms. The van der Waals surface area contributed by atoms with Gasteiger partial charge in [0.15, 0.2) is 6.10 Å². The summed E-state index contributed by atoms with van der Waals surface area (Å²) in [5, 5.41) is 2.87. The molecule has 7 nitrogen and oxygen atoms in total. The van der Waals surface area contributed by atoms with Crippen molar-refractivity contribution < 1.29 is 22.7 Å². The van der Waals surface area contributed by atoms with Gasteiger partial charge in [-0.05, 0) is 55.7 Å². The molecule has 0 aliphatic carbocycles. The van der Waals surface area contributed by atoms with E-state index in [1.165, 1.54) is 11.4 Å². The predicted molar refractivity (Wildman–Crippen MR) is 114 cm³/mol. The van der Waals surface area contributed by atoms with Crippen molar-refractivity contribution in [2.75, 3.05) is 31.3 Å². The highest BCUT2D eigenvalue weighted by Gasteiger charge is 2.15. The van der Waals surface area contributed by atoms with Crippen molar-refractivity contribution in [1.29, 1.82) is 0 Å². The largest absolute Gasteiger partial charge is 0.496 e. The first-order valence-electron chi connectivity index (χ1n) is 9.32. The average Bonchev–Trinajstić information content (AvgIpc) is 2.70. The van der Waals surface area contributed by atoms with Crippen LogP contribution in [0.5, 0.6) is 11.5 Å². The lowest BCUT2D eigenvalue weighted by Crippen LogP contribution is -2.37. The molecule has 1 amide bonds. The van der Waals surface area contributed by atoms with Crippen molar-refractivity contribution in [1.82, 2.24) is 5.32 Å². The van der Waals surface area contributed by atoms with Crippen molar-refractivity contribution in [2.24, 2.45) is 0 Å². The van der Waals surface area contributed by atoms with Crippen molar-refractivity contribution in [2.45, 2.75) is 25.9 Å². The van der Waals surface area contributed by atoms with Gasteiger partial charge in [0.1, 0.15) is 11.5 Å². The third-order valence-electron chi connectivity index (χ3n) is 4.49. The zero-order chi connectivity index (χ0) is 21.4. The third kappa shape index (κ3) is 6.67. The van der Waals surface area contributed by atoms with E-state index in [1.807, 2.05) is 24.3 Å². The Kier molecular flexibility index (Phi) is 7.90. The van der Waals surface area contributed by atoms with Crippen LogP contribution in [0, 0.1) is 0 Å². The van der Waals surface area contributed by atoms with Gasteiger partial charge < -0.3 is 14.8 Å². The number of carbonyl (C=O) groups excluding carboxylic acids is 1. The molecule has 1 atom stereocenters. The number of hydrogen-bond donors (Lipinski definition) is 1. The number of carbonyl (C=O) groups is 1. The van der Waals surface area contributed by atoms with E-state index in [-0.39, 0.29) is 5.91 Å². The first-order valence-corrected chi connectivity index (χ1v) is 11.2. The molecule has 0 radical (unpaired) electrons. The lowest BCUT2D eigenvalue weighted by atomic mass is 10.1. The second-order valence-corrected chi connectivity index (χ2v) is 8.70. The van der Waals surface area contributed by atoms with Crippen LogP contribution in [-0.2, 0) is 21.2 Å². The molecular weight excluding hydrogens is 392 g/mol. The molecule has 158 valence electrons. The molecule has 2 rings (SSSR count). The summed E-state index contributed by atoms with van der Waals surface area (Å²) in [5.74, 6) is 1.13. The molecule has 0 saturated heterocycles. The van der Waals surface area contributed by atoms with E-state index in [1.54, 1.807) is 38.3 Å². The van der Waals surface area contributed by atoms with Gasteiger partial charge in [0.25, 0.3) is 5.91 Å². The van der Waals surface area contributed by atoms with Gasteiger partial charge in [-0.3, -0.25) is 9.10 Å². The number of amides is 1. The third-order valence-corrected chi connectivity index (χ3v) is 5.70. The summed E-state index contributed by atoms with van der Waals surface area (Å²) in [6.07, 6.45) is 2.05. The first kappa shape index (κ1) is 22.5. The fourth-order valence-electron chi connectivity index (χ4n) is 2.73. The number of aryl methyl sites for hydroxylation is 1. The number of para-hydroxylation sites is 1. The lowest BCUT2D eigenvalue weighted by Gasteiger charge is -2.18. The zero-order valence-electron chi connectivity index (χ0n) is 17.2. The Hall–Kier alpha value is -2.74. The van der Waals surface area contributed by atoms with E-state index in [0.29, 0.717) is 18.0 Å². The number of hydrogen-bond acceptors (Lipinski definition) is 5. The summed E-state index contributed by atoms with van der Waals surface area (Å²) in [6, 6.07) is 14.4. The van der Waals surface area contributed by atoms with E-state index >= 15 is 0 Å². The maximum absolute atomic E-state index is 12.2. The van der Waals surface area contributed by atoms with Crippen LogP contribution in [0.25, 0.3) is 0 Å². The minimum Gasteiger partial charge on any atom is -0.496 e. The predicted octanol–water partition coefficient (Wildman–Crippen LogP) is 2.61. The van der Waals surface area contributed by atoms with E-state index in [0.717, 1.165) is 30.4 Å². The van der Waals surface area contributed by atoms with E-state index in [2.05, 4.69) is 5.32 Å². The summed E-state index contributed by atoms with van der Waals surface area (Å²) >= 11 is 0. The lowest BCUT2D eigenvalue weighted by molar-refractivity contribution is -0.127. The Balaban J connectivity index is 1.80. The minimum absolute atomic E-state index is 0.206. The van der Waals surface area contributed by atoms with Crippen LogP contribution in [0.1, 0.15) is 18.9 Å². The maximum Gasteiger partial charge on any atom is 0.260 e. The highest BCUT2D eigenvalue weighted by molar-refractivity contribution is 7.92. The van der Waals surface area contributed by atoms with Crippen LogP contribution in [0.3, 0.4) is 0 Å². The summed E-state index contributed by atoms with van der Waals surface area (Å²) in [5.41, 5.74) is 1.63. The first-order chi connectivity index (χ1) is 13.7. The topological polar surface area (TPSA) is 84.9 Å². The molecule has 0 spiro atoms. The van der Waals surface area contributed by atoms with Gasteiger partial charge in [-0.15, -0.1) is 0 Å². The number of benzene rings is 2. The van der Waals surface area contributed by atoms with Crippen molar-refractivity contribution >= 4 is 21.6 Å². The van der Waals surface area contributed by atoms with Crippen LogP contribution in [-0.4, -0.2) is 47.4 Å². The maximum atomic E-state index is 12.2. The van der Waals surface area contributed by atoms with Crippen LogP contribution >= 0.6 is 0 Å². The molecule has 0 saturated carbocycles. The number of ether oxygens (including phenoxy) is 2. The summed E-state index contributed by atoms with van der Waals surface area (Å²) in [7, 11) is -0.199. The highest BCUT2D eigenvalue weighted by atomic mass is 32.2. The molecule has 0 fully saturated rings. The molecule has 0 heterocycles. The Morgan fingerprint density at radius 1 is 1.14 bits per heavy atom. The summed E-state index contributed by atoms with van der Waals surface area (Å²) in [4.78, 5) is 12.2. The molecule has 0 aliphatic rings. The number of nitrogens with one attached hydrogen (secondary N) is 1. The highest BCUT2D eigenvalue weighted by Crippen LogP contribution is 2.21. The minimum atomic E-state index is -3.32. The quantitative estimate of drug-likeness (QED) is 0.597. The second kappa shape index (κ2) is 10.2. The molecule has 0 bridgehead atoms. The Bertz CT molecular complexity index is 913. The van der Waals surface area contributed by atoms with Gasteiger partial charge in [0.2, 0.25) is 10.0 Å². The van der Waals surface area contributed by atoms with Gasteiger partial charge in [-0.2, -0.15) is 0 Å². The van der Waals surface area contributed by atoms with Crippen LogP contribution in [0.4, 0.5) is 5.69 Å². The smallest absolute Gasteiger partial charge is 0.260 e. The van der Waals surface area contributed by atoms with Gasteiger partial charge in [0, 0.05) is 13.6 Å². The van der Waals surface area contributed by atoms with Crippen LogP contribution in [0.2, 0.25) is 0 Å². The number of methoxy groups -OCH3 is 1. The van der Waals surface area contributed by atoms with E-state index < -0.39 is 16.1 Å². The molecule has 0 aromatic heterocycles. The second-order valence-electron chi connectivity index (χ2n) is 6.69. The van der Waals surface area contributed by atoms with Crippen LogP contribution < -0.4 is 19.1 Å². The Morgan fingerprint density at radius 3 is 2.41 bits per heavy atom. The average molecular weight is 421 g/mol. The van der Waals surface area contributed by atoms with Gasteiger partial charge >= 0.3 is 0 Å². The molecular formula is C21H28N2O5S. The number of anilines is 1. The van der Waals surface area contributed by atoms with Crippen molar-refractivity contribution in [3.8, 4) is 11.5 Å². The van der Waals surface area contributed by atoms with Gasteiger partial charge in [-0.25, -0.2) is 8.42 Å². The fourth-order valence-corrected chi connectivity index (χ4v) is 3.23. The summed E-state index contributed by atoms with van der Waals surface area (Å²) < 4.78 is 35.3. The number of nitrogens with zero attached hydrogens (tertiary/aromatic N) is 1. The zero-order valence-corrected chi connectivity index (χ0v) is 18.0. The van der Waals surface area contributed by atoms with Crippen molar-refractivity contribution in [3.63, 3.8) is 0 Å². The standard InChI is InChI=1S/C21H28N2O5S/c1-16(28-19-13-11-18(12-14-19)23(2)29(4,25)26)21(24)22-15-7-9-17-8-5-6-10-20(17)27-3/h5-6,8,10-14,16H,7,9,15H2,1-4H3,(H,22,24)/t16-/m0/s1. The van der Waals surface area contributed by atoms with E-state index in [9.17, 15) is 13.2 Å². The van der Waals surface area contributed by atoms with E-state index in [4.69, 9.17) is 9.47 Å². The molecule has 1 N–H and O–H groups in total. The monoisotopic (exact) mass is 420 g/mol. The molecule has 2 aromatic carbocycles. The van der Waals surface area contributed by atoms with Gasteiger partial charge in [-0.1, -0.05) is 18.2 Å². The number of sulfonamides is 1. The normalized spacial score (nSPS) is 12.1. The Labute approximate surface area is 172 Å². The Morgan fingerprint density at radius 2 is 1.79 bits per heavy atom. The molecule has 8 heteroatoms.